The summed E-state index contributed by atoms with van der Waals surface area (Å²) in [6.07, 6.45) is 8.28. The largest absolute Gasteiger partial charge is 0.493 e. The summed E-state index contributed by atoms with van der Waals surface area (Å²) in [5, 5.41) is 3.93. The van der Waals surface area contributed by atoms with Gasteiger partial charge in [0.15, 0.2) is 0 Å². The van der Waals surface area contributed by atoms with Crippen LogP contribution in [0.3, 0.4) is 0 Å². The van der Waals surface area contributed by atoms with Crippen LogP contribution in [-0.4, -0.2) is 52.6 Å². The van der Waals surface area contributed by atoms with Gasteiger partial charge in [-0.05, 0) is 50.8 Å². The van der Waals surface area contributed by atoms with Crippen molar-refractivity contribution >= 4 is 37.8 Å². The zero-order valence-electron chi connectivity index (χ0n) is 20.4. The van der Waals surface area contributed by atoms with Crippen molar-refractivity contribution in [3.8, 4) is 11.5 Å². The molecule has 0 radical (unpaired) electrons. The predicted octanol–water partition coefficient (Wildman–Crippen LogP) is 5.61. The van der Waals surface area contributed by atoms with Crippen LogP contribution in [0.2, 0.25) is 0 Å². The molecule has 1 fully saturated rings. The first-order valence-corrected chi connectivity index (χ1v) is 13.9. The number of hydrogen-bond donors (Lipinski definition) is 1. The van der Waals surface area contributed by atoms with Crippen molar-refractivity contribution in [1.29, 1.82) is 0 Å². The Morgan fingerprint density at radius 3 is 2.51 bits per heavy atom. The number of fused-ring (bicyclic) bond motifs is 1. The summed E-state index contributed by atoms with van der Waals surface area (Å²) in [6.45, 7) is 2.29. The van der Waals surface area contributed by atoms with Crippen LogP contribution >= 0.6 is 0 Å². The maximum Gasteiger partial charge on any atom is 0.146 e. The molecular weight excluding hydrogens is 471 g/mol. The molecule has 1 heterocycles. The van der Waals surface area contributed by atoms with Crippen LogP contribution in [0.1, 0.15) is 32.6 Å². The van der Waals surface area contributed by atoms with Gasteiger partial charge in [-0.1, -0.05) is 0 Å². The second-order valence-electron chi connectivity index (χ2n) is 8.78. The highest BCUT2D eigenvalue weighted by Gasteiger charge is 2.23. The average Bonchev–Trinajstić information content (AvgIpc) is 2.80. The van der Waals surface area contributed by atoms with E-state index in [2.05, 4.69) is 19.6 Å². The molecule has 0 amide bonds. The van der Waals surface area contributed by atoms with Crippen molar-refractivity contribution in [2.24, 2.45) is 4.36 Å². The molecular formula is C25H31FN4O4S. The van der Waals surface area contributed by atoms with Gasteiger partial charge in [0.05, 0.1) is 41.1 Å². The average molecular weight is 503 g/mol. The Morgan fingerprint density at radius 1 is 1.09 bits per heavy atom. The summed E-state index contributed by atoms with van der Waals surface area (Å²) in [6, 6.07) is 7.86. The number of methoxy groups -OCH3 is 1. The van der Waals surface area contributed by atoms with E-state index in [0.29, 0.717) is 46.2 Å². The van der Waals surface area contributed by atoms with E-state index in [1.165, 1.54) is 18.5 Å². The van der Waals surface area contributed by atoms with Crippen molar-refractivity contribution in [2.45, 2.75) is 44.8 Å². The zero-order chi connectivity index (χ0) is 25.0. The van der Waals surface area contributed by atoms with E-state index in [-0.39, 0.29) is 18.0 Å². The van der Waals surface area contributed by atoms with Crippen LogP contribution in [0, 0.1) is 5.82 Å². The predicted molar refractivity (Wildman–Crippen MR) is 136 cm³/mol. The Balaban J connectivity index is 1.70. The molecule has 1 aliphatic rings. The van der Waals surface area contributed by atoms with E-state index in [1.54, 1.807) is 37.8 Å². The molecule has 35 heavy (non-hydrogen) atoms. The van der Waals surface area contributed by atoms with Gasteiger partial charge in [0, 0.05) is 41.5 Å². The second-order valence-corrected chi connectivity index (χ2v) is 11.3. The van der Waals surface area contributed by atoms with E-state index in [1.807, 2.05) is 6.92 Å². The van der Waals surface area contributed by atoms with Crippen LogP contribution < -0.4 is 14.8 Å². The Labute approximate surface area is 205 Å². The fourth-order valence-corrected chi connectivity index (χ4v) is 4.81. The summed E-state index contributed by atoms with van der Waals surface area (Å²) < 4.78 is 48.2. The number of nitrogens with one attached hydrogen (secondary N) is 1. The van der Waals surface area contributed by atoms with Gasteiger partial charge >= 0.3 is 0 Å². The lowest BCUT2D eigenvalue weighted by molar-refractivity contribution is 0.0329. The number of aromatic nitrogens is 2. The molecule has 1 aromatic heterocycles. The minimum absolute atomic E-state index is 0.0213. The summed E-state index contributed by atoms with van der Waals surface area (Å²) in [5.41, 5.74) is 1.68. The number of hydrogen-bond acceptors (Lipinski definition) is 8. The number of halogens is 1. The van der Waals surface area contributed by atoms with Gasteiger partial charge in [-0.2, -0.15) is 4.36 Å². The van der Waals surface area contributed by atoms with Crippen molar-refractivity contribution in [1.82, 2.24) is 9.97 Å². The highest BCUT2D eigenvalue weighted by Crippen LogP contribution is 2.38. The standard InChI is InChI=1S/C25H31FN4O4S/c1-5-33-23-14-17(30-35(3,4)31)13-21-24(23)25(28-15-27-21)29-20-11-6-16(26)12-22(20)34-19-9-7-18(32-2)8-10-19/h6,11-15,18-19H,5,7-10H2,1-4H3,(H,27,28,29)/t18-,19-. The summed E-state index contributed by atoms with van der Waals surface area (Å²) in [5.74, 6) is 1.03. The van der Waals surface area contributed by atoms with Crippen LogP contribution in [0.25, 0.3) is 10.9 Å². The molecule has 3 aromatic rings. The molecule has 2 aromatic carbocycles. The molecule has 0 saturated heterocycles. The molecule has 188 valence electrons. The molecule has 1 saturated carbocycles. The van der Waals surface area contributed by atoms with Gasteiger partial charge in [-0.25, -0.2) is 18.6 Å². The number of rotatable bonds is 8. The molecule has 1 N–H and O–H groups in total. The van der Waals surface area contributed by atoms with Crippen molar-refractivity contribution in [3.05, 3.63) is 42.5 Å². The van der Waals surface area contributed by atoms with Crippen LogP contribution in [0.15, 0.2) is 41.0 Å². The van der Waals surface area contributed by atoms with Crippen LogP contribution in [0.4, 0.5) is 21.6 Å². The smallest absolute Gasteiger partial charge is 0.146 e. The third-order valence-corrected chi connectivity index (χ3v) is 6.41. The first kappa shape index (κ1) is 25.1. The maximum absolute atomic E-state index is 14.1. The SMILES string of the molecule is CCOc1cc(N=S(C)(C)=O)cc2ncnc(Nc3ccc(F)cc3O[C@H]3CC[C@H](OC)CC3)c12. The van der Waals surface area contributed by atoms with Gasteiger partial charge in [0.25, 0.3) is 0 Å². The zero-order valence-corrected chi connectivity index (χ0v) is 21.2. The second kappa shape index (κ2) is 10.7. The third-order valence-electron chi connectivity index (χ3n) is 5.76. The van der Waals surface area contributed by atoms with E-state index in [4.69, 9.17) is 14.2 Å². The fourth-order valence-electron chi connectivity index (χ4n) is 4.20. The van der Waals surface area contributed by atoms with Crippen LogP contribution in [-0.2, 0) is 14.5 Å². The number of benzene rings is 2. The number of nitrogens with zero attached hydrogens (tertiary/aromatic N) is 3. The van der Waals surface area contributed by atoms with Gasteiger partial charge in [-0.15, -0.1) is 0 Å². The molecule has 0 atom stereocenters. The monoisotopic (exact) mass is 502 g/mol. The topological polar surface area (TPSA) is 94.9 Å². The Hall–Kier alpha value is -2.98. The van der Waals surface area contributed by atoms with Crippen molar-refractivity contribution < 1.29 is 22.8 Å². The molecule has 0 aliphatic heterocycles. The minimum Gasteiger partial charge on any atom is -0.493 e. The Morgan fingerprint density at radius 2 is 1.83 bits per heavy atom. The summed E-state index contributed by atoms with van der Waals surface area (Å²) in [4.78, 5) is 8.80. The quantitative estimate of drug-likeness (QED) is 0.428. The molecule has 4 rings (SSSR count). The first-order chi connectivity index (χ1) is 16.8. The van der Waals surface area contributed by atoms with E-state index in [0.717, 1.165) is 25.7 Å². The number of anilines is 2. The molecule has 0 spiro atoms. The van der Waals surface area contributed by atoms with Gasteiger partial charge in [0.2, 0.25) is 0 Å². The lowest BCUT2D eigenvalue weighted by Gasteiger charge is -2.28. The van der Waals surface area contributed by atoms with E-state index in [9.17, 15) is 8.60 Å². The maximum atomic E-state index is 14.1. The van der Waals surface area contributed by atoms with Gasteiger partial charge < -0.3 is 19.5 Å². The lowest BCUT2D eigenvalue weighted by atomic mass is 9.95. The summed E-state index contributed by atoms with van der Waals surface area (Å²) >= 11 is 0. The molecule has 10 heteroatoms. The lowest BCUT2D eigenvalue weighted by Crippen LogP contribution is -2.27. The van der Waals surface area contributed by atoms with Gasteiger partial charge in [0.1, 0.15) is 29.5 Å². The van der Waals surface area contributed by atoms with E-state index >= 15 is 0 Å². The highest BCUT2D eigenvalue weighted by molar-refractivity contribution is 7.92. The minimum atomic E-state index is -2.36. The summed E-state index contributed by atoms with van der Waals surface area (Å²) in [7, 11) is -0.640. The first-order valence-electron chi connectivity index (χ1n) is 11.6. The van der Waals surface area contributed by atoms with Crippen LogP contribution in [0.5, 0.6) is 11.5 Å². The molecule has 8 nitrogen and oxygen atoms in total. The Kier molecular flexibility index (Phi) is 7.71. The highest BCUT2D eigenvalue weighted by atomic mass is 32.2. The number of ether oxygens (including phenoxy) is 3. The third kappa shape index (κ3) is 6.37. The van der Waals surface area contributed by atoms with Crippen molar-refractivity contribution in [2.75, 3.05) is 31.5 Å². The Bertz CT molecular complexity index is 1310. The fraction of sp³-hybridized carbons (Fsp3) is 0.440. The van der Waals surface area contributed by atoms with E-state index < -0.39 is 9.73 Å². The van der Waals surface area contributed by atoms with Crippen molar-refractivity contribution in [3.63, 3.8) is 0 Å². The molecule has 0 unspecified atom stereocenters. The normalized spacial score (nSPS) is 18.3. The molecule has 0 bridgehead atoms. The van der Waals surface area contributed by atoms with Gasteiger partial charge in [-0.3, -0.25) is 0 Å². The molecule has 1 aliphatic carbocycles.